The Bertz CT molecular complexity index is 1260. The number of aromatic nitrogens is 2. The molecule has 3 aromatic carbocycles. The molecule has 1 amide bonds. The van der Waals surface area contributed by atoms with Crippen molar-refractivity contribution in [3.63, 3.8) is 0 Å². The highest BCUT2D eigenvalue weighted by molar-refractivity contribution is 6.30. The predicted octanol–water partition coefficient (Wildman–Crippen LogP) is 5.30. The summed E-state index contributed by atoms with van der Waals surface area (Å²) in [6.07, 6.45) is 0. The minimum Gasteiger partial charge on any atom is -0.348 e. The number of carbonyl (C=O) groups excluding carboxylic acids is 1. The second kappa shape index (κ2) is 8.60. The summed E-state index contributed by atoms with van der Waals surface area (Å²) >= 11 is 6.06. The Kier molecular flexibility index (Phi) is 5.50. The molecule has 1 aliphatic heterocycles. The van der Waals surface area contributed by atoms with Crippen LogP contribution in [-0.2, 0) is 0 Å². The Morgan fingerprint density at radius 2 is 1.56 bits per heavy atom. The van der Waals surface area contributed by atoms with Gasteiger partial charge in [0.05, 0.1) is 0 Å². The monoisotopic (exact) mass is 442 g/mol. The molecule has 1 aliphatic rings. The first-order valence-electron chi connectivity index (χ1n) is 10.7. The first kappa shape index (κ1) is 20.5. The summed E-state index contributed by atoms with van der Waals surface area (Å²) in [5.41, 5.74) is 2.55. The average Bonchev–Trinajstić information content (AvgIpc) is 2.84. The highest BCUT2D eigenvalue weighted by Crippen LogP contribution is 2.33. The van der Waals surface area contributed by atoms with E-state index in [2.05, 4.69) is 34.2 Å². The fourth-order valence-electron chi connectivity index (χ4n) is 4.34. The fourth-order valence-corrected chi connectivity index (χ4v) is 4.47. The maximum atomic E-state index is 12.9. The van der Waals surface area contributed by atoms with Crippen molar-refractivity contribution in [3.05, 3.63) is 89.4 Å². The van der Waals surface area contributed by atoms with Gasteiger partial charge < -0.3 is 9.80 Å². The van der Waals surface area contributed by atoms with E-state index in [1.54, 1.807) is 0 Å². The third kappa shape index (κ3) is 3.80. The van der Waals surface area contributed by atoms with Gasteiger partial charge in [0.25, 0.3) is 5.91 Å². The summed E-state index contributed by atoms with van der Waals surface area (Å²) in [5.74, 6) is 0.934. The molecule has 160 valence electrons. The van der Waals surface area contributed by atoms with E-state index < -0.39 is 0 Å². The van der Waals surface area contributed by atoms with E-state index in [1.807, 2.05) is 71.6 Å². The maximum Gasteiger partial charge on any atom is 0.253 e. The number of rotatable bonds is 3. The molecule has 0 saturated carbocycles. The van der Waals surface area contributed by atoms with Crippen molar-refractivity contribution in [1.29, 1.82) is 0 Å². The molecule has 1 saturated heterocycles. The molecule has 6 heteroatoms. The Hall–Kier alpha value is -3.44. The average molecular weight is 443 g/mol. The minimum atomic E-state index is 0.0751. The molecule has 0 aliphatic carbocycles. The summed E-state index contributed by atoms with van der Waals surface area (Å²) in [6.45, 7) is 4.13. The third-order valence-corrected chi connectivity index (χ3v) is 6.24. The van der Waals surface area contributed by atoms with Crippen molar-refractivity contribution in [2.75, 3.05) is 24.5 Å². The molecular formula is C26H23ClN4O. The van der Waals surface area contributed by atoms with Crippen molar-refractivity contribution in [1.82, 2.24) is 15.1 Å². The lowest BCUT2D eigenvalue weighted by Crippen LogP contribution is -2.54. The second-order valence-corrected chi connectivity index (χ2v) is 8.52. The van der Waals surface area contributed by atoms with E-state index >= 15 is 0 Å². The van der Waals surface area contributed by atoms with Crippen LogP contribution in [0.2, 0.25) is 5.02 Å². The van der Waals surface area contributed by atoms with Gasteiger partial charge in [0.2, 0.25) is 0 Å². The summed E-state index contributed by atoms with van der Waals surface area (Å²) < 4.78 is 0. The summed E-state index contributed by atoms with van der Waals surface area (Å²) in [6, 6.07) is 25.5. The molecule has 0 spiro atoms. The number of halogens is 1. The van der Waals surface area contributed by atoms with Gasteiger partial charge in [-0.3, -0.25) is 4.79 Å². The van der Waals surface area contributed by atoms with Crippen LogP contribution in [0.5, 0.6) is 0 Å². The van der Waals surface area contributed by atoms with Crippen LogP contribution in [0.4, 0.5) is 5.82 Å². The minimum absolute atomic E-state index is 0.0751. The van der Waals surface area contributed by atoms with Crippen LogP contribution in [0, 0.1) is 0 Å². The SMILES string of the molecule is C[C@@H]1CN(C(=O)c2ccccc2)CCN1c1nnc(-c2ccc(Cl)cc2)c2ccccc12. The number of carbonyl (C=O) groups is 1. The van der Waals surface area contributed by atoms with Crippen molar-refractivity contribution in [2.45, 2.75) is 13.0 Å². The normalized spacial score (nSPS) is 16.4. The Labute approximate surface area is 192 Å². The largest absolute Gasteiger partial charge is 0.348 e. The van der Waals surface area contributed by atoms with Gasteiger partial charge in [0.1, 0.15) is 5.69 Å². The fraction of sp³-hybridized carbons (Fsp3) is 0.192. The van der Waals surface area contributed by atoms with E-state index in [4.69, 9.17) is 11.6 Å². The van der Waals surface area contributed by atoms with Gasteiger partial charge in [-0.2, -0.15) is 0 Å². The summed E-state index contributed by atoms with van der Waals surface area (Å²) in [7, 11) is 0. The van der Waals surface area contributed by atoms with Crippen LogP contribution in [0.3, 0.4) is 0 Å². The highest BCUT2D eigenvalue weighted by atomic mass is 35.5. The van der Waals surface area contributed by atoms with Crippen molar-refractivity contribution < 1.29 is 4.79 Å². The van der Waals surface area contributed by atoms with E-state index in [1.165, 1.54) is 0 Å². The van der Waals surface area contributed by atoms with Crippen molar-refractivity contribution in [3.8, 4) is 11.3 Å². The second-order valence-electron chi connectivity index (χ2n) is 8.08. The topological polar surface area (TPSA) is 49.3 Å². The Morgan fingerprint density at radius 3 is 2.28 bits per heavy atom. The number of hydrogen-bond acceptors (Lipinski definition) is 4. The molecule has 0 radical (unpaired) electrons. The quantitative estimate of drug-likeness (QED) is 0.432. The van der Waals surface area contributed by atoms with Crippen LogP contribution < -0.4 is 4.90 Å². The molecule has 5 nitrogen and oxygen atoms in total. The van der Waals surface area contributed by atoms with Crippen LogP contribution >= 0.6 is 11.6 Å². The number of benzene rings is 3. The molecular weight excluding hydrogens is 420 g/mol. The van der Waals surface area contributed by atoms with Gasteiger partial charge in [0.15, 0.2) is 5.82 Å². The third-order valence-electron chi connectivity index (χ3n) is 5.99. The molecule has 1 fully saturated rings. The maximum absolute atomic E-state index is 12.9. The predicted molar refractivity (Wildman–Crippen MR) is 129 cm³/mol. The van der Waals surface area contributed by atoms with Crippen LogP contribution in [0.15, 0.2) is 78.9 Å². The molecule has 4 aromatic rings. The molecule has 0 bridgehead atoms. The smallest absolute Gasteiger partial charge is 0.253 e. The molecule has 1 aromatic heterocycles. The number of hydrogen-bond donors (Lipinski definition) is 0. The Morgan fingerprint density at radius 1 is 0.875 bits per heavy atom. The van der Waals surface area contributed by atoms with Gasteiger partial charge in [-0.1, -0.05) is 66.2 Å². The standard InChI is InChI=1S/C26H23ClN4O/c1-18-17-30(26(32)20-7-3-2-4-8-20)15-16-31(18)25-23-10-6-5-9-22(23)24(28-29-25)19-11-13-21(27)14-12-19/h2-14,18H,15-17H2,1H3/t18-/m1/s1. The first-order valence-corrected chi connectivity index (χ1v) is 11.1. The number of piperazine rings is 1. The van der Waals surface area contributed by atoms with Gasteiger partial charge in [-0.15, -0.1) is 10.2 Å². The van der Waals surface area contributed by atoms with E-state index in [0.717, 1.165) is 33.4 Å². The highest BCUT2D eigenvalue weighted by Gasteiger charge is 2.29. The number of amides is 1. The molecule has 32 heavy (non-hydrogen) atoms. The lowest BCUT2D eigenvalue weighted by molar-refractivity contribution is 0.0726. The first-order chi connectivity index (χ1) is 15.6. The van der Waals surface area contributed by atoms with E-state index in [9.17, 15) is 4.79 Å². The molecule has 0 N–H and O–H groups in total. The Balaban J connectivity index is 1.45. The zero-order valence-electron chi connectivity index (χ0n) is 17.8. The molecule has 1 atom stereocenters. The van der Waals surface area contributed by atoms with Crippen molar-refractivity contribution in [2.24, 2.45) is 0 Å². The van der Waals surface area contributed by atoms with Gasteiger partial charge in [-0.25, -0.2) is 0 Å². The van der Waals surface area contributed by atoms with Crippen LogP contribution in [0.25, 0.3) is 22.0 Å². The van der Waals surface area contributed by atoms with Crippen LogP contribution in [0.1, 0.15) is 17.3 Å². The molecule has 0 unspecified atom stereocenters. The lowest BCUT2D eigenvalue weighted by atomic mass is 10.0. The van der Waals surface area contributed by atoms with E-state index in [-0.39, 0.29) is 11.9 Å². The number of anilines is 1. The summed E-state index contributed by atoms with van der Waals surface area (Å²) in [5, 5.41) is 12.1. The number of nitrogens with zero attached hydrogens (tertiary/aromatic N) is 4. The van der Waals surface area contributed by atoms with Gasteiger partial charge in [0, 0.05) is 52.6 Å². The zero-order chi connectivity index (χ0) is 22.1. The molecule has 5 rings (SSSR count). The lowest BCUT2D eigenvalue weighted by Gasteiger charge is -2.40. The van der Waals surface area contributed by atoms with Gasteiger partial charge >= 0.3 is 0 Å². The van der Waals surface area contributed by atoms with Crippen LogP contribution in [-0.4, -0.2) is 46.7 Å². The van der Waals surface area contributed by atoms with Crippen molar-refractivity contribution >= 4 is 34.1 Å². The number of fused-ring (bicyclic) bond motifs is 1. The summed E-state index contributed by atoms with van der Waals surface area (Å²) in [4.78, 5) is 17.1. The van der Waals surface area contributed by atoms with Gasteiger partial charge in [-0.05, 0) is 31.2 Å². The van der Waals surface area contributed by atoms with E-state index in [0.29, 0.717) is 24.7 Å². The molecule has 2 heterocycles. The zero-order valence-corrected chi connectivity index (χ0v) is 18.5.